The maximum absolute atomic E-state index is 12.8. The lowest BCUT2D eigenvalue weighted by Crippen LogP contribution is -2.48. The van der Waals surface area contributed by atoms with Gasteiger partial charge < -0.3 is 14.2 Å². The fourth-order valence-electron chi connectivity index (χ4n) is 3.48. The number of carbonyl (C=O) groups excluding carboxylic acids is 1. The standard InChI is InChI=1S/C21H19N3O5/c1-14-2-7-19-17(12-14)18(25)13-20(29-19)21(26)23-10-8-22(9-11-23)15-3-5-16(6-4-15)24(27)28/h2-7,12-13H,8-11H2,1H3. The summed E-state index contributed by atoms with van der Waals surface area (Å²) in [4.78, 5) is 39.3. The van der Waals surface area contributed by atoms with Gasteiger partial charge in [0.2, 0.25) is 0 Å². The van der Waals surface area contributed by atoms with Gasteiger partial charge in [-0.2, -0.15) is 0 Å². The smallest absolute Gasteiger partial charge is 0.289 e. The third-order valence-electron chi connectivity index (χ3n) is 5.09. The van der Waals surface area contributed by atoms with Crippen molar-refractivity contribution in [1.29, 1.82) is 0 Å². The highest BCUT2D eigenvalue weighted by Crippen LogP contribution is 2.21. The van der Waals surface area contributed by atoms with Crippen LogP contribution < -0.4 is 10.3 Å². The number of aryl methyl sites for hydroxylation is 1. The van der Waals surface area contributed by atoms with Crippen LogP contribution in [-0.4, -0.2) is 41.9 Å². The molecule has 0 aliphatic carbocycles. The summed E-state index contributed by atoms with van der Waals surface area (Å²) in [5.41, 5.74) is 2.03. The number of nitro groups is 1. The Hall–Kier alpha value is -3.68. The topological polar surface area (TPSA) is 96.9 Å². The molecule has 1 amide bonds. The van der Waals surface area contributed by atoms with Crippen LogP contribution in [0.1, 0.15) is 16.1 Å². The van der Waals surface area contributed by atoms with E-state index in [1.165, 1.54) is 18.2 Å². The van der Waals surface area contributed by atoms with Crippen molar-refractivity contribution in [2.24, 2.45) is 0 Å². The number of piperazine rings is 1. The Labute approximate surface area is 166 Å². The molecule has 1 aliphatic rings. The van der Waals surface area contributed by atoms with Gasteiger partial charge in [-0.05, 0) is 31.2 Å². The number of nitrogens with zero attached hydrogens (tertiary/aromatic N) is 3. The fourth-order valence-corrected chi connectivity index (χ4v) is 3.48. The van der Waals surface area contributed by atoms with Crippen molar-refractivity contribution in [3.63, 3.8) is 0 Å². The lowest BCUT2D eigenvalue weighted by atomic mass is 10.1. The zero-order chi connectivity index (χ0) is 20.5. The lowest BCUT2D eigenvalue weighted by molar-refractivity contribution is -0.384. The maximum atomic E-state index is 12.8. The first-order chi connectivity index (χ1) is 13.9. The van der Waals surface area contributed by atoms with Crippen LogP contribution in [0.25, 0.3) is 11.0 Å². The van der Waals surface area contributed by atoms with Gasteiger partial charge in [-0.15, -0.1) is 0 Å². The van der Waals surface area contributed by atoms with Gasteiger partial charge in [-0.3, -0.25) is 19.7 Å². The second-order valence-electron chi connectivity index (χ2n) is 7.03. The van der Waals surface area contributed by atoms with Gasteiger partial charge in [-0.25, -0.2) is 0 Å². The molecule has 0 N–H and O–H groups in total. The molecule has 0 unspecified atom stereocenters. The third kappa shape index (κ3) is 3.69. The van der Waals surface area contributed by atoms with Gasteiger partial charge in [0, 0.05) is 50.1 Å². The highest BCUT2D eigenvalue weighted by Gasteiger charge is 2.25. The second-order valence-corrected chi connectivity index (χ2v) is 7.03. The molecule has 1 aromatic heterocycles. The van der Waals surface area contributed by atoms with Crippen molar-refractivity contribution < 1.29 is 14.1 Å². The van der Waals surface area contributed by atoms with Gasteiger partial charge in [0.25, 0.3) is 11.6 Å². The monoisotopic (exact) mass is 393 g/mol. The van der Waals surface area contributed by atoms with E-state index >= 15 is 0 Å². The Bertz CT molecular complexity index is 1150. The summed E-state index contributed by atoms with van der Waals surface area (Å²) >= 11 is 0. The summed E-state index contributed by atoms with van der Waals surface area (Å²) in [6, 6.07) is 12.9. The highest BCUT2D eigenvalue weighted by molar-refractivity contribution is 5.93. The van der Waals surface area contributed by atoms with Crippen LogP contribution in [0.2, 0.25) is 0 Å². The predicted octanol–water partition coefficient (Wildman–Crippen LogP) is 2.97. The Morgan fingerprint density at radius 3 is 2.38 bits per heavy atom. The molecule has 8 heteroatoms. The molecule has 1 saturated heterocycles. The van der Waals surface area contributed by atoms with E-state index < -0.39 is 4.92 Å². The Balaban J connectivity index is 1.47. The van der Waals surface area contributed by atoms with Gasteiger partial charge in [0.1, 0.15) is 5.58 Å². The third-order valence-corrected chi connectivity index (χ3v) is 5.09. The van der Waals surface area contributed by atoms with Crippen LogP contribution in [0.15, 0.2) is 57.7 Å². The van der Waals surface area contributed by atoms with Crippen molar-refractivity contribution >= 4 is 28.3 Å². The Kier molecular flexibility index (Phi) is 4.75. The van der Waals surface area contributed by atoms with Crippen molar-refractivity contribution in [3.8, 4) is 0 Å². The number of rotatable bonds is 3. The second kappa shape index (κ2) is 7.38. The first-order valence-electron chi connectivity index (χ1n) is 9.25. The summed E-state index contributed by atoms with van der Waals surface area (Å²) in [6.45, 7) is 3.99. The zero-order valence-electron chi connectivity index (χ0n) is 15.8. The van der Waals surface area contributed by atoms with E-state index in [4.69, 9.17) is 4.42 Å². The molecule has 0 bridgehead atoms. The largest absolute Gasteiger partial charge is 0.451 e. The van der Waals surface area contributed by atoms with Crippen LogP contribution in [-0.2, 0) is 0 Å². The molecule has 1 aliphatic heterocycles. The van der Waals surface area contributed by atoms with Crippen LogP contribution in [0.5, 0.6) is 0 Å². The van der Waals surface area contributed by atoms with E-state index in [1.54, 1.807) is 29.2 Å². The minimum atomic E-state index is -0.432. The fraction of sp³-hybridized carbons (Fsp3) is 0.238. The van der Waals surface area contributed by atoms with Crippen LogP contribution in [0, 0.1) is 17.0 Å². The molecule has 29 heavy (non-hydrogen) atoms. The van der Waals surface area contributed by atoms with E-state index in [9.17, 15) is 19.7 Å². The molecule has 0 saturated carbocycles. The molecule has 8 nitrogen and oxygen atoms in total. The number of benzene rings is 2. The van der Waals surface area contributed by atoms with E-state index in [1.807, 2.05) is 13.0 Å². The molecule has 2 aromatic carbocycles. The van der Waals surface area contributed by atoms with Crippen molar-refractivity contribution in [1.82, 2.24) is 4.90 Å². The normalized spacial score (nSPS) is 14.2. The molecule has 2 heterocycles. The predicted molar refractivity (Wildman–Crippen MR) is 108 cm³/mol. The molecule has 0 radical (unpaired) electrons. The van der Waals surface area contributed by atoms with E-state index in [0.717, 1.165) is 11.3 Å². The zero-order valence-corrected chi connectivity index (χ0v) is 15.8. The van der Waals surface area contributed by atoms with Crippen molar-refractivity contribution in [2.45, 2.75) is 6.92 Å². The summed E-state index contributed by atoms with van der Waals surface area (Å²) in [7, 11) is 0. The Morgan fingerprint density at radius 1 is 1.03 bits per heavy atom. The number of carbonyl (C=O) groups is 1. The highest BCUT2D eigenvalue weighted by atomic mass is 16.6. The quantitative estimate of drug-likeness (QED) is 0.501. The number of hydrogen-bond acceptors (Lipinski definition) is 6. The summed E-state index contributed by atoms with van der Waals surface area (Å²) < 4.78 is 5.69. The first kappa shape index (κ1) is 18.7. The lowest BCUT2D eigenvalue weighted by Gasteiger charge is -2.35. The van der Waals surface area contributed by atoms with Gasteiger partial charge >= 0.3 is 0 Å². The first-order valence-corrected chi connectivity index (χ1v) is 9.25. The molecule has 148 valence electrons. The molecule has 1 fully saturated rings. The number of anilines is 1. The molecular weight excluding hydrogens is 374 g/mol. The number of non-ortho nitro benzene ring substituents is 1. The minimum absolute atomic E-state index is 0.0372. The number of hydrogen-bond donors (Lipinski definition) is 0. The van der Waals surface area contributed by atoms with E-state index in [-0.39, 0.29) is 22.8 Å². The minimum Gasteiger partial charge on any atom is -0.451 e. The van der Waals surface area contributed by atoms with E-state index in [0.29, 0.717) is 37.1 Å². The molecule has 4 rings (SSSR count). The molecule has 0 atom stereocenters. The van der Waals surface area contributed by atoms with Gasteiger partial charge in [0.05, 0.1) is 10.3 Å². The maximum Gasteiger partial charge on any atom is 0.289 e. The molecular formula is C21H19N3O5. The Morgan fingerprint density at radius 2 is 1.72 bits per heavy atom. The van der Waals surface area contributed by atoms with Crippen molar-refractivity contribution in [2.75, 3.05) is 31.1 Å². The van der Waals surface area contributed by atoms with Crippen LogP contribution >= 0.6 is 0 Å². The summed E-state index contributed by atoms with van der Waals surface area (Å²) in [6.07, 6.45) is 0. The van der Waals surface area contributed by atoms with Gasteiger partial charge in [-0.1, -0.05) is 11.6 Å². The van der Waals surface area contributed by atoms with E-state index in [2.05, 4.69) is 4.90 Å². The average molecular weight is 393 g/mol. The molecule has 3 aromatic rings. The van der Waals surface area contributed by atoms with Crippen LogP contribution in [0.3, 0.4) is 0 Å². The SMILES string of the molecule is Cc1ccc2oc(C(=O)N3CCN(c4ccc([N+](=O)[O-])cc4)CC3)cc(=O)c2c1. The average Bonchev–Trinajstić information content (AvgIpc) is 2.74. The summed E-state index contributed by atoms with van der Waals surface area (Å²) in [5.74, 6) is -0.275. The van der Waals surface area contributed by atoms with Crippen molar-refractivity contribution in [3.05, 3.63) is 80.2 Å². The van der Waals surface area contributed by atoms with Gasteiger partial charge in [0.15, 0.2) is 11.2 Å². The van der Waals surface area contributed by atoms with Crippen LogP contribution in [0.4, 0.5) is 11.4 Å². The number of fused-ring (bicyclic) bond motifs is 1. The molecule has 0 spiro atoms. The summed E-state index contributed by atoms with van der Waals surface area (Å²) in [5, 5.41) is 11.2. The number of nitro benzene ring substituents is 1. The number of amides is 1.